The third-order valence-corrected chi connectivity index (χ3v) is 2.97. The third kappa shape index (κ3) is 4.08. The van der Waals surface area contributed by atoms with Crippen LogP contribution in [0.25, 0.3) is 0 Å². The zero-order chi connectivity index (χ0) is 14.4. The molecule has 0 atom stereocenters. The molecule has 0 saturated carbocycles. The van der Waals surface area contributed by atoms with Crippen LogP contribution < -0.4 is 0 Å². The smallest absolute Gasteiger partial charge is 0.325 e. The minimum absolute atomic E-state index is 0.000873. The Hall–Kier alpha value is -1.85. The van der Waals surface area contributed by atoms with Crippen molar-refractivity contribution in [1.29, 1.82) is 0 Å². The van der Waals surface area contributed by atoms with Crippen LogP contribution in [0, 0.1) is 13.8 Å². The highest BCUT2D eigenvalue weighted by atomic mass is 16.5. The van der Waals surface area contributed by atoms with Gasteiger partial charge in [-0.1, -0.05) is 0 Å². The maximum Gasteiger partial charge on any atom is 0.325 e. The highest BCUT2D eigenvalue weighted by molar-refractivity contribution is 5.83. The minimum atomic E-state index is -0.377. The number of aromatic amines is 1. The molecule has 1 aromatic rings. The van der Waals surface area contributed by atoms with Gasteiger partial charge in [0.1, 0.15) is 6.54 Å². The lowest BCUT2D eigenvalue weighted by Crippen LogP contribution is -2.37. The molecule has 6 nitrogen and oxygen atoms in total. The van der Waals surface area contributed by atoms with Gasteiger partial charge in [0.2, 0.25) is 5.91 Å². The highest BCUT2D eigenvalue weighted by Gasteiger charge is 2.19. The molecule has 106 valence electrons. The van der Waals surface area contributed by atoms with Crippen LogP contribution >= 0.6 is 0 Å². The number of ether oxygens (including phenoxy) is 1. The van der Waals surface area contributed by atoms with Gasteiger partial charge in [0.15, 0.2) is 0 Å². The zero-order valence-electron chi connectivity index (χ0n) is 11.9. The Morgan fingerprint density at radius 2 is 2.00 bits per heavy atom. The van der Waals surface area contributed by atoms with Crippen molar-refractivity contribution in [3.8, 4) is 0 Å². The number of esters is 1. The second-order valence-electron chi connectivity index (χ2n) is 4.30. The van der Waals surface area contributed by atoms with Crippen molar-refractivity contribution in [2.75, 3.05) is 19.7 Å². The van der Waals surface area contributed by atoms with E-state index in [-0.39, 0.29) is 24.8 Å². The summed E-state index contributed by atoms with van der Waals surface area (Å²) in [5.41, 5.74) is 2.60. The summed E-state index contributed by atoms with van der Waals surface area (Å²) < 4.78 is 4.86. The van der Waals surface area contributed by atoms with E-state index in [1.54, 1.807) is 6.92 Å². The maximum atomic E-state index is 12.2. The lowest BCUT2D eigenvalue weighted by atomic mass is 10.1. The normalized spacial score (nSPS) is 10.3. The first-order chi connectivity index (χ1) is 8.99. The number of amides is 1. The van der Waals surface area contributed by atoms with E-state index in [0.29, 0.717) is 13.2 Å². The van der Waals surface area contributed by atoms with Gasteiger partial charge in [0, 0.05) is 17.8 Å². The van der Waals surface area contributed by atoms with Crippen molar-refractivity contribution in [1.82, 2.24) is 15.1 Å². The Morgan fingerprint density at radius 3 is 2.47 bits per heavy atom. The fraction of sp³-hybridized carbons (Fsp3) is 0.615. The molecule has 0 radical (unpaired) electrons. The summed E-state index contributed by atoms with van der Waals surface area (Å²) in [5.74, 6) is -0.471. The molecular formula is C13H21N3O3. The van der Waals surface area contributed by atoms with Crippen LogP contribution in [-0.2, 0) is 20.7 Å². The number of carbonyl (C=O) groups is 2. The molecule has 1 rings (SSSR count). The first kappa shape index (κ1) is 15.2. The van der Waals surface area contributed by atoms with E-state index in [4.69, 9.17) is 4.74 Å². The minimum Gasteiger partial charge on any atom is -0.465 e. The summed E-state index contributed by atoms with van der Waals surface area (Å²) in [4.78, 5) is 25.1. The van der Waals surface area contributed by atoms with Crippen LogP contribution in [0.4, 0.5) is 0 Å². The largest absolute Gasteiger partial charge is 0.465 e. The fourth-order valence-corrected chi connectivity index (χ4v) is 1.84. The SMILES string of the molecule is CCOC(=O)CN(CC)C(=O)Cc1c(C)n[nH]c1C. The van der Waals surface area contributed by atoms with Gasteiger partial charge in [-0.3, -0.25) is 14.7 Å². The number of rotatable bonds is 6. The van der Waals surface area contributed by atoms with E-state index >= 15 is 0 Å². The number of hydrogen-bond acceptors (Lipinski definition) is 4. The molecule has 0 unspecified atom stereocenters. The predicted molar refractivity (Wildman–Crippen MR) is 70.7 cm³/mol. The van der Waals surface area contributed by atoms with Crippen LogP contribution in [0.3, 0.4) is 0 Å². The highest BCUT2D eigenvalue weighted by Crippen LogP contribution is 2.11. The number of H-pyrrole nitrogens is 1. The molecule has 0 bridgehead atoms. The standard InChI is InChI=1S/C13H21N3O3/c1-5-16(8-13(18)19-6-2)12(17)7-11-9(3)14-15-10(11)4/h5-8H2,1-4H3,(H,14,15). The predicted octanol–water partition coefficient (Wildman–Crippen LogP) is 0.981. The Kier molecular flexibility index (Phi) is 5.54. The molecule has 1 heterocycles. The molecular weight excluding hydrogens is 246 g/mol. The van der Waals surface area contributed by atoms with Crippen LogP contribution in [-0.4, -0.2) is 46.7 Å². The second-order valence-corrected chi connectivity index (χ2v) is 4.30. The molecule has 1 aromatic heterocycles. The average molecular weight is 267 g/mol. The number of likely N-dealkylation sites (N-methyl/N-ethyl adjacent to an activating group) is 1. The molecule has 0 aliphatic rings. The Labute approximate surface area is 113 Å². The van der Waals surface area contributed by atoms with E-state index < -0.39 is 0 Å². The molecule has 1 amide bonds. The van der Waals surface area contributed by atoms with Gasteiger partial charge in [0.25, 0.3) is 0 Å². The van der Waals surface area contributed by atoms with Gasteiger partial charge < -0.3 is 9.64 Å². The quantitative estimate of drug-likeness (QED) is 0.780. The summed E-state index contributed by atoms with van der Waals surface area (Å²) in [7, 11) is 0. The van der Waals surface area contributed by atoms with Gasteiger partial charge in [-0.05, 0) is 27.7 Å². The monoisotopic (exact) mass is 267 g/mol. The molecule has 1 N–H and O–H groups in total. The molecule has 0 aliphatic heterocycles. The van der Waals surface area contributed by atoms with Gasteiger partial charge in [0.05, 0.1) is 18.7 Å². The van der Waals surface area contributed by atoms with Gasteiger partial charge >= 0.3 is 5.97 Å². The summed E-state index contributed by atoms with van der Waals surface area (Å²) in [6, 6.07) is 0. The van der Waals surface area contributed by atoms with Crippen molar-refractivity contribution in [3.05, 3.63) is 17.0 Å². The van der Waals surface area contributed by atoms with Crippen molar-refractivity contribution in [2.45, 2.75) is 34.1 Å². The van der Waals surface area contributed by atoms with Crippen molar-refractivity contribution in [3.63, 3.8) is 0 Å². The van der Waals surface area contributed by atoms with Crippen molar-refractivity contribution in [2.24, 2.45) is 0 Å². The Balaban J connectivity index is 2.67. The van der Waals surface area contributed by atoms with E-state index in [0.717, 1.165) is 17.0 Å². The van der Waals surface area contributed by atoms with Crippen LogP contribution in [0.2, 0.25) is 0 Å². The molecule has 0 fully saturated rings. The second kappa shape index (κ2) is 6.92. The zero-order valence-corrected chi connectivity index (χ0v) is 11.9. The fourth-order valence-electron chi connectivity index (χ4n) is 1.84. The Morgan fingerprint density at radius 1 is 1.32 bits per heavy atom. The number of hydrogen-bond donors (Lipinski definition) is 1. The number of aryl methyl sites for hydroxylation is 2. The molecule has 0 aromatic carbocycles. The molecule has 19 heavy (non-hydrogen) atoms. The van der Waals surface area contributed by atoms with E-state index in [2.05, 4.69) is 10.2 Å². The van der Waals surface area contributed by atoms with Crippen molar-refractivity contribution >= 4 is 11.9 Å². The number of carbonyl (C=O) groups excluding carboxylic acids is 2. The van der Waals surface area contributed by atoms with Crippen LogP contribution in [0.1, 0.15) is 30.8 Å². The average Bonchev–Trinajstić information content (AvgIpc) is 2.68. The van der Waals surface area contributed by atoms with Crippen LogP contribution in [0.5, 0.6) is 0 Å². The third-order valence-electron chi connectivity index (χ3n) is 2.97. The molecule has 0 aliphatic carbocycles. The number of aromatic nitrogens is 2. The summed E-state index contributed by atoms with van der Waals surface area (Å²) in [5, 5.41) is 6.91. The van der Waals surface area contributed by atoms with Gasteiger partial charge in [-0.25, -0.2) is 0 Å². The molecule has 0 saturated heterocycles. The first-order valence-corrected chi connectivity index (χ1v) is 6.43. The van der Waals surface area contributed by atoms with Crippen molar-refractivity contribution < 1.29 is 14.3 Å². The van der Waals surface area contributed by atoms with Gasteiger partial charge in [-0.15, -0.1) is 0 Å². The maximum absolute atomic E-state index is 12.2. The molecule has 0 spiro atoms. The van der Waals surface area contributed by atoms with E-state index in [9.17, 15) is 9.59 Å². The summed E-state index contributed by atoms with van der Waals surface area (Å²) in [6.07, 6.45) is 0.251. The molecule has 6 heteroatoms. The summed E-state index contributed by atoms with van der Waals surface area (Å²) in [6.45, 7) is 8.12. The van der Waals surface area contributed by atoms with E-state index in [1.165, 1.54) is 4.90 Å². The number of nitrogens with zero attached hydrogens (tertiary/aromatic N) is 2. The van der Waals surface area contributed by atoms with Gasteiger partial charge in [-0.2, -0.15) is 5.10 Å². The van der Waals surface area contributed by atoms with Crippen LogP contribution in [0.15, 0.2) is 0 Å². The lowest BCUT2D eigenvalue weighted by Gasteiger charge is -2.19. The topological polar surface area (TPSA) is 75.3 Å². The Bertz CT molecular complexity index is 434. The summed E-state index contributed by atoms with van der Waals surface area (Å²) >= 11 is 0. The first-order valence-electron chi connectivity index (χ1n) is 6.43. The van der Waals surface area contributed by atoms with E-state index in [1.807, 2.05) is 20.8 Å². The lowest BCUT2D eigenvalue weighted by molar-refractivity contribution is -0.148. The number of nitrogens with one attached hydrogen (secondary N) is 1.